The number of hydrogen-bond donors (Lipinski definition) is 1. The lowest BCUT2D eigenvalue weighted by atomic mass is 9.89. The van der Waals surface area contributed by atoms with Gasteiger partial charge in [-0.2, -0.15) is 0 Å². The Morgan fingerprint density at radius 2 is 1.81 bits per heavy atom. The number of amides is 1. The van der Waals surface area contributed by atoms with Crippen LogP contribution in [0, 0.1) is 11.8 Å². The summed E-state index contributed by atoms with van der Waals surface area (Å²) in [5.74, 6) is 0.777. The van der Waals surface area contributed by atoms with Crippen molar-refractivity contribution in [1.82, 2.24) is 15.2 Å². The van der Waals surface area contributed by atoms with E-state index in [2.05, 4.69) is 27.3 Å². The molecule has 3 heterocycles. The lowest BCUT2D eigenvalue weighted by Gasteiger charge is -2.39. The maximum atomic E-state index is 12.8. The lowest BCUT2D eigenvalue weighted by molar-refractivity contribution is -0.127. The van der Waals surface area contributed by atoms with Crippen molar-refractivity contribution in [3.05, 3.63) is 30.1 Å². The molecule has 2 atom stereocenters. The van der Waals surface area contributed by atoms with Gasteiger partial charge in [0.25, 0.3) is 0 Å². The first-order valence-electron chi connectivity index (χ1n) is 10.8. The molecule has 1 aromatic heterocycles. The van der Waals surface area contributed by atoms with Crippen molar-refractivity contribution in [2.45, 2.75) is 63.5 Å². The van der Waals surface area contributed by atoms with Gasteiger partial charge >= 0.3 is 0 Å². The number of piperidine rings is 1. The van der Waals surface area contributed by atoms with Gasteiger partial charge in [-0.3, -0.25) is 9.78 Å². The molecule has 1 aliphatic carbocycles. The second-order valence-electron chi connectivity index (χ2n) is 8.57. The van der Waals surface area contributed by atoms with Crippen LogP contribution in [0.25, 0.3) is 0 Å². The van der Waals surface area contributed by atoms with E-state index in [1.165, 1.54) is 37.7 Å². The molecule has 148 valence electrons. The monoisotopic (exact) mass is 371 g/mol. The van der Waals surface area contributed by atoms with E-state index in [4.69, 9.17) is 4.74 Å². The van der Waals surface area contributed by atoms with Gasteiger partial charge in [0.2, 0.25) is 5.91 Å². The summed E-state index contributed by atoms with van der Waals surface area (Å²) in [7, 11) is 0. The molecule has 4 rings (SSSR count). The molecule has 2 unspecified atom stereocenters. The van der Waals surface area contributed by atoms with Gasteiger partial charge < -0.3 is 15.0 Å². The number of pyridine rings is 1. The quantitative estimate of drug-likeness (QED) is 0.865. The summed E-state index contributed by atoms with van der Waals surface area (Å²) >= 11 is 0. The lowest BCUT2D eigenvalue weighted by Crippen LogP contribution is -2.48. The molecule has 3 fully saturated rings. The topological polar surface area (TPSA) is 54.5 Å². The molecular weight excluding hydrogens is 338 g/mol. The third-order valence-corrected chi connectivity index (χ3v) is 6.76. The van der Waals surface area contributed by atoms with E-state index < -0.39 is 0 Å². The van der Waals surface area contributed by atoms with Gasteiger partial charge in [0.15, 0.2) is 0 Å². The Morgan fingerprint density at radius 3 is 2.56 bits per heavy atom. The highest BCUT2D eigenvalue weighted by Gasteiger charge is 2.34. The van der Waals surface area contributed by atoms with Crippen molar-refractivity contribution in [1.29, 1.82) is 0 Å². The molecule has 27 heavy (non-hydrogen) atoms. The van der Waals surface area contributed by atoms with Crippen LogP contribution in [0.2, 0.25) is 0 Å². The largest absolute Gasteiger partial charge is 0.379 e. The number of rotatable bonds is 5. The van der Waals surface area contributed by atoms with Crippen molar-refractivity contribution in [3.63, 3.8) is 0 Å². The van der Waals surface area contributed by atoms with Gasteiger partial charge in [-0.15, -0.1) is 0 Å². The van der Waals surface area contributed by atoms with Crippen LogP contribution in [0.5, 0.6) is 0 Å². The van der Waals surface area contributed by atoms with Gasteiger partial charge in [0.05, 0.1) is 19.3 Å². The maximum Gasteiger partial charge on any atom is 0.223 e. The molecule has 0 aromatic carbocycles. The summed E-state index contributed by atoms with van der Waals surface area (Å²) in [6.45, 7) is 3.55. The van der Waals surface area contributed by atoms with E-state index in [-0.39, 0.29) is 17.9 Å². The van der Waals surface area contributed by atoms with Gasteiger partial charge in [0.1, 0.15) is 0 Å². The van der Waals surface area contributed by atoms with Crippen molar-refractivity contribution in [3.8, 4) is 0 Å². The highest BCUT2D eigenvalue weighted by atomic mass is 16.5. The van der Waals surface area contributed by atoms with Crippen molar-refractivity contribution in [2.75, 3.05) is 26.3 Å². The summed E-state index contributed by atoms with van der Waals surface area (Å²) < 4.78 is 5.69. The summed E-state index contributed by atoms with van der Waals surface area (Å²) in [6, 6.07) is 5.02. The van der Waals surface area contributed by atoms with Crippen LogP contribution in [0.4, 0.5) is 0 Å². The second kappa shape index (κ2) is 9.16. The zero-order chi connectivity index (χ0) is 18.5. The second-order valence-corrected chi connectivity index (χ2v) is 8.57. The molecule has 1 N–H and O–H groups in total. The van der Waals surface area contributed by atoms with Gasteiger partial charge in [-0.05, 0) is 62.9 Å². The van der Waals surface area contributed by atoms with E-state index in [1.807, 2.05) is 12.4 Å². The molecule has 0 spiro atoms. The van der Waals surface area contributed by atoms with Crippen LogP contribution in [-0.2, 0) is 16.0 Å². The fourth-order valence-corrected chi connectivity index (χ4v) is 5.05. The number of aromatic nitrogens is 1. The summed E-state index contributed by atoms with van der Waals surface area (Å²) in [6.07, 6.45) is 13.5. The molecule has 5 nitrogen and oxygen atoms in total. The number of nitrogens with one attached hydrogen (secondary N) is 1. The SMILES string of the molecule is O=C(NC1COCC1Cc1ccncc1)C1CCN(C2CCCCC2)CC1. The van der Waals surface area contributed by atoms with Crippen LogP contribution < -0.4 is 5.32 Å². The highest BCUT2D eigenvalue weighted by Crippen LogP contribution is 2.27. The van der Waals surface area contributed by atoms with Crippen molar-refractivity contribution in [2.24, 2.45) is 11.8 Å². The van der Waals surface area contributed by atoms with Crippen LogP contribution in [0.1, 0.15) is 50.5 Å². The Bertz CT molecular complexity index is 595. The predicted molar refractivity (Wildman–Crippen MR) is 105 cm³/mol. The Morgan fingerprint density at radius 1 is 1.07 bits per heavy atom. The number of nitrogens with zero attached hydrogens (tertiary/aromatic N) is 2. The van der Waals surface area contributed by atoms with Gasteiger partial charge in [0, 0.05) is 30.3 Å². The molecule has 0 radical (unpaired) electrons. The number of ether oxygens (including phenoxy) is 1. The number of carbonyl (C=O) groups excluding carboxylic acids is 1. The molecule has 2 aliphatic heterocycles. The molecule has 3 aliphatic rings. The highest BCUT2D eigenvalue weighted by molar-refractivity contribution is 5.79. The number of hydrogen-bond acceptors (Lipinski definition) is 4. The normalized spacial score (nSPS) is 28.3. The molecule has 1 saturated carbocycles. The minimum absolute atomic E-state index is 0.141. The van der Waals surface area contributed by atoms with Crippen LogP contribution in [0.3, 0.4) is 0 Å². The predicted octanol–water partition coefficient (Wildman–Crippen LogP) is 2.80. The number of carbonyl (C=O) groups is 1. The molecule has 5 heteroatoms. The first-order chi connectivity index (χ1) is 13.3. The summed E-state index contributed by atoms with van der Waals surface area (Å²) in [5.41, 5.74) is 1.26. The smallest absolute Gasteiger partial charge is 0.223 e. The van der Waals surface area contributed by atoms with E-state index in [9.17, 15) is 4.79 Å². The molecule has 0 bridgehead atoms. The fourth-order valence-electron chi connectivity index (χ4n) is 5.05. The number of likely N-dealkylation sites (tertiary alicyclic amines) is 1. The van der Waals surface area contributed by atoms with E-state index in [0.717, 1.165) is 45.0 Å². The fraction of sp³-hybridized carbons (Fsp3) is 0.727. The first kappa shape index (κ1) is 18.9. The summed E-state index contributed by atoms with van der Waals surface area (Å²) in [4.78, 5) is 19.6. The minimum atomic E-state index is 0.141. The summed E-state index contributed by atoms with van der Waals surface area (Å²) in [5, 5.41) is 3.32. The van der Waals surface area contributed by atoms with E-state index >= 15 is 0 Å². The average molecular weight is 372 g/mol. The Balaban J connectivity index is 1.25. The molecule has 1 aromatic rings. The molecule has 2 saturated heterocycles. The van der Waals surface area contributed by atoms with Gasteiger partial charge in [-0.25, -0.2) is 0 Å². The zero-order valence-electron chi connectivity index (χ0n) is 16.3. The molecular formula is C22H33N3O2. The van der Waals surface area contributed by atoms with Crippen LogP contribution >= 0.6 is 0 Å². The zero-order valence-corrected chi connectivity index (χ0v) is 16.3. The van der Waals surface area contributed by atoms with Crippen molar-refractivity contribution < 1.29 is 9.53 Å². The van der Waals surface area contributed by atoms with Crippen molar-refractivity contribution >= 4 is 5.91 Å². The Kier molecular flexibility index (Phi) is 6.40. The average Bonchev–Trinajstić information content (AvgIpc) is 3.16. The first-order valence-corrected chi connectivity index (χ1v) is 10.8. The third kappa shape index (κ3) is 4.88. The van der Waals surface area contributed by atoms with E-state index in [1.54, 1.807) is 0 Å². The van der Waals surface area contributed by atoms with Crippen LogP contribution in [-0.4, -0.2) is 54.2 Å². The standard InChI is InChI=1S/C22H33N3O2/c26-22(18-8-12-25(13-9-18)20-4-2-1-3-5-20)24-21-16-27-15-19(21)14-17-6-10-23-11-7-17/h6-7,10-11,18-21H,1-5,8-9,12-16H2,(H,24,26). The maximum absolute atomic E-state index is 12.8. The minimum Gasteiger partial charge on any atom is -0.379 e. The van der Waals surface area contributed by atoms with E-state index in [0.29, 0.717) is 12.5 Å². The van der Waals surface area contributed by atoms with Gasteiger partial charge in [-0.1, -0.05) is 19.3 Å². The Hall–Kier alpha value is -1.46. The third-order valence-electron chi connectivity index (χ3n) is 6.76. The van der Waals surface area contributed by atoms with Crippen LogP contribution in [0.15, 0.2) is 24.5 Å². The molecule has 1 amide bonds. The Labute approximate surface area is 162 Å².